The fourth-order valence-electron chi connectivity index (χ4n) is 2.41. The topological polar surface area (TPSA) is 91.2 Å². The first kappa shape index (κ1) is 11.8. The molecule has 2 aromatic rings. The lowest BCUT2D eigenvalue weighted by Gasteiger charge is -2.12. The molecule has 3 rings (SSSR count). The normalized spacial score (nSPS) is 27.8. The summed E-state index contributed by atoms with van der Waals surface area (Å²) in [6.07, 6.45) is 2.44. The van der Waals surface area contributed by atoms with Gasteiger partial charge in [0.25, 0.3) is 0 Å². The zero-order valence-electron chi connectivity index (χ0n) is 9.65. The molecule has 18 heavy (non-hydrogen) atoms. The second-order valence-electron chi connectivity index (χ2n) is 4.55. The maximum Gasteiger partial charge on any atom is 0.157 e. The van der Waals surface area contributed by atoms with Gasteiger partial charge in [-0.1, -0.05) is 0 Å². The summed E-state index contributed by atoms with van der Waals surface area (Å²) in [5.74, 6) is 0.660. The molecule has 96 valence electrons. The van der Waals surface area contributed by atoms with E-state index in [0.717, 1.165) is 16.8 Å². The molecular formula is C11H14N4O2S. The first-order chi connectivity index (χ1) is 8.78. The number of hydrogen-bond acceptors (Lipinski definition) is 7. The highest BCUT2D eigenvalue weighted by molar-refractivity contribution is 7.16. The fourth-order valence-corrected chi connectivity index (χ4v) is 3.04. The SMILES string of the molecule is OC[C@H]1C[C@@H](Nc2ncnc3scnc23)C[C@@H]1O. The van der Waals surface area contributed by atoms with Crippen molar-refractivity contribution >= 4 is 27.5 Å². The predicted molar refractivity (Wildman–Crippen MR) is 68.4 cm³/mol. The minimum Gasteiger partial charge on any atom is -0.396 e. The Kier molecular flexibility index (Phi) is 3.11. The van der Waals surface area contributed by atoms with Gasteiger partial charge in [-0.2, -0.15) is 0 Å². The molecule has 6 nitrogen and oxygen atoms in total. The standard InChI is InChI=1S/C11H14N4O2S/c16-3-6-1-7(2-8(6)17)15-10-9-11(13-4-12-10)18-5-14-9/h4-8,16-17H,1-3H2,(H,12,13,15)/t6-,7-,8+/m1/s1. The average molecular weight is 266 g/mol. The van der Waals surface area contributed by atoms with Crippen LogP contribution in [-0.4, -0.2) is 43.9 Å². The number of thiazole rings is 1. The zero-order chi connectivity index (χ0) is 12.5. The third-order valence-electron chi connectivity index (χ3n) is 3.37. The molecule has 1 aliphatic carbocycles. The summed E-state index contributed by atoms with van der Waals surface area (Å²) in [4.78, 5) is 13.4. The molecule has 0 amide bonds. The minimum atomic E-state index is -0.444. The van der Waals surface area contributed by atoms with Crippen LogP contribution in [0.5, 0.6) is 0 Å². The monoisotopic (exact) mass is 266 g/mol. The molecule has 2 heterocycles. The van der Waals surface area contributed by atoms with Gasteiger partial charge in [0.2, 0.25) is 0 Å². The zero-order valence-corrected chi connectivity index (χ0v) is 10.5. The molecule has 1 fully saturated rings. The Morgan fingerprint density at radius 2 is 2.22 bits per heavy atom. The summed E-state index contributed by atoms with van der Waals surface area (Å²) in [6.45, 7) is 0.0230. The summed E-state index contributed by atoms with van der Waals surface area (Å²) >= 11 is 1.47. The van der Waals surface area contributed by atoms with Crippen LogP contribution in [0.2, 0.25) is 0 Å². The van der Waals surface area contributed by atoms with Crippen molar-refractivity contribution in [2.45, 2.75) is 25.0 Å². The molecule has 0 bridgehead atoms. The Balaban J connectivity index is 1.79. The highest BCUT2D eigenvalue weighted by Crippen LogP contribution is 2.29. The average Bonchev–Trinajstić information content (AvgIpc) is 2.96. The van der Waals surface area contributed by atoms with Crippen molar-refractivity contribution in [3.05, 3.63) is 11.8 Å². The van der Waals surface area contributed by atoms with Crippen molar-refractivity contribution in [2.75, 3.05) is 11.9 Å². The van der Waals surface area contributed by atoms with Gasteiger partial charge in [0, 0.05) is 18.6 Å². The molecule has 0 aliphatic heterocycles. The predicted octanol–water partition coefficient (Wildman–Crippen LogP) is 0.630. The number of aromatic nitrogens is 3. The fraction of sp³-hybridized carbons (Fsp3) is 0.545. The van der Waals surface area contributed by atoms with Crippen molar-refractivity contribution in [1.82, 2.24) is 15.0 Å². The first-order valence-corrected chi connectivity index (χ1v) is 6.75. The van der Waals surface area contributed by atoms with Gasteiger partial charge in [-0.3, -0.25) is 0 Å². The van der Waals surface area contributed by atoms with Gasteiger partial charge in [0.05, 0.1) is 11.6 Å². The van der Waals surface area contributed by atoms with Gasteiger partial charge in [-0.05, 0) is 12.8 Å². The largest absolute Gasteiger partial charge is 0.396 e. The number of nitrogens with one attached hydrogen (secondary N) is 1. The Morgan fingerprint density at radius 1 is 1.33 bits per heavy atom. The molecule has 1 aliphatic rings. The van der Waals surface area contributed by atoms with Crippen LogP contribution in [0.25, 0.3) is 10.3 Å². The van der Waals surface area contributed by atoms with Crippen LogP contribution < -0.4 is 5.32 Å². The summed E-state index contributed by atoms with van der Waals surface area (Å²) in [6, 6.07) is 0.122. The molecule has 7 heteroatoms. The van der Waals surface area contributed by atoms with E-state index in [4.69, 9.17) is 5.11 Å². The van der Waals surface area contributed by atoms with Gasteiger partial charge < -0.3 is 15.5 Å². The highest BCUT2D eigenvalue weighted by atomic mass is 32.1. The van der Waals surface area contributed by atoms with Crippen LogP contribution in [0.15, 0.2) is 11.8 Å². The molecule has 0 unspecified atom stereocenters. The number of aliphatic hydroxyl groups is 2. The lowest BCUT2D eigenvalue weighted by molar-refractivity contribution is 0.0908. The van der Waals surface area contributed by atoms with Gasteiger partial charge in [0.1, 0.15) is 16.7 Å². The van der Waals surface area contributed by atoms with Gasteiger partial charge in [-0.15, -0.1) is 11.3 Å². The maximum atomic E-state index is 9.76. The lowest BCUT2D eigenvalue weighted by atomic mass is 10.1. The van der Waals surface area contributed by atoms with Crippen LogP contribution in [0.3, 0.4) is 0 Å². The number of anilines is 1. The number of nitrogens with zero attached hydrogens (tertiary/aromatic N) is 3. The van der Waals surface area contributed by atoms with Crippen LogP contribution in [0.1, 0.15) is 12.8 Å². The van der Waals surface area contributed by atoms with E-state index in [0.29, 0.717) is 12.2 Å². The van der Waals surface area contributed by atoms with E-state index >= 15 is 0 Å². The molecule has 0 spiro atoms. The van der Waals surface area contributed by atoms with E-state index in [2.05, 4.69) is 20.3 Å². The summed E-state index contributed by atoms with van der Waals surface area (Å²) < 4.78 is 0. The molecule has 1 saturated carbocycles. The summed E-state index contributed by atoms with van der Waals surface area (Å²) in [7, 11) is 0. The van der Waals surface area contributed by atoms with Crippen LogP contribution in [0.4, 0.5) is 5.82 Å². The molecule has 2 aromatic heterocycles. The van der Waals surface area contributed by atoms with Crippen molar-refractivity contribution in [1.29, 1.82) is 0 Å². The van der Waals surface area contributed by atoms with Crippen molar-refractivity contribution in [2.24, 2.45) is 5.92 Å². The van der Waals surface area contributed by atoms with E-state index in [-0.39, 0.29) is 18.6 Å². The van der Waals surface area contributed by atoms with E-state index in [1.165, 1.54) is 17.7 Å². The Hall–Kier alpha value is -1.31. The third-order valence-corrected chi connectivity index (χ3v) is 4.10. The van der Waals surface area contributed by atoms with Gasteiger partial charge in [0.15, 0.2) is 5.82 Å². The van der Waals surface area contributed by atoms with Gasteiger partial charge in [-0.25, -0.2) is 15.0 Å². The first-order valence-electron chi connectivity index (χ1n) is 5.87. The molecule has 0 radical (unpaired) electrons. The number of aliphatic hydroxyl groups excluding tert-OH is 2. The molecular weight excluding hydrogens is 252 g/mol. The van der Waals surface area contributed by atoms with Crippen molar-refractivity contribution in [3.8, 4) is 0 Å². The summed E-state index contributed by atoms with van der Waals surface area (Å²) in [5.41, 5.74) is 2.51. The third kappa shape index (κ3) is 2.05. The Bertz CT molecular complexity index is 547. The number of hydrogen-bond donors (Lipinski definition) is 3. The second-order valence-corrected chi connectivity index (χ2v) is 5.38. The van der Waals surface area contributed by atoms with Gasteiger partial charge >= 0.3 is 0 Å². The summed E-state index contributed by atoms with van der Waals surface area (Å²) in [5, 5.41) is 22.2. The van der Waals surface area contributed by atoms with E-state index in [9.17, 15) is 5.11 Å². The second kappa shape index (κ2) is 4.75. The quantitative estimate of drug-likeness (QED) is 0.755. The lowest BCUT2D eigenvalue weighted by Crippen LogP contribution is -2.17. The van der Waals surface area contributed by atoms with E-state index < -0.39 is 6.10 Å². The smallest absolute Gasteiger partial charge is 0.157 e. The minimum absolute atomic E-state index is 0.0230. The highest BCUT2D eigenvalue weighted by Gasteiger charge is 2.32. The number of fused-ring (bicyclic) bond motifs is 1. The molecule has 3 atom stereocenters. The molecule has 0 saturated heterocycles. The van der Waals surface area contributed by atoms with Crippen molar-refractivity contribution in [3.63, 3.8) is 0 Å². The van der Waals surface area contributed by atoms with Crippen molar-refractivity contribution < 1.29 is 10.2 Å². The van der Waals surface area contributed by atoms with Crippen LogP contribution in [-0.2, 0) is 0 Å². The van der Waals surface area contributed by atoms with E-state index in [1.807, 2.05) is 0 Å². The molecule has 3 N–H and O–H groups in total. The number of rotatable bonds is 3. The van der Waals surface area contributed by atoms with E-state index in [1.54, 1.807) is 5.51 Å². The maximum absolute atomic E-state index is 9.76. The van der Waals surface area contributed by atoms with Crippen LogP contribution in [0, 0.1) is 5.92 Å². The molecule has 0 aromatic carbocycles. The van der Waals surface area contributed by atoms with Crippen LogP contribution >= 0.6 is 11.3 Å². The Labute approximate surface area is 108 Å². The Morgan fingerprint density at radius 3 is 3.00 bits per heavy atom.